The first-order chi connectivity index (χ1) is 8.50. The normalized spacial score (nSPS) is 19.4. The second-order valence-corrected chi connectivity index (χ2v) is 4.11. The molecule has 1 heterocycles. The van der Waals surface area contributed by atoms with Crippen LogP contribution in [0.4, 0.5) is 0 Å². The average Bonchev–Trinajstić information content (AvgIpc) is 2.29. The molecule has 1 fully saturated rings. The molecule has 1 aliphatic rings. The molecule has 3 amide bonds. The number of hydrogen-bond acceptors (Lipinski definition) is 4. The van der Waals surface area contributed by atoms with E-state index in [9.17, 15) is 19.5 Å². The van der Waals surface area contributed by atoms with Crippen LogP contribution in [0.25, 0.3) is 0 Å². The summed E-state index contributed by atoms with van der Waals surface area (Å²) in [5.41, 5.74) is 5.51. The molecule has 18 heavy (non-hydrogen) atoms. The van der Waals surface area contributed by atoms with E-state index in [-0.39, 0.29) is 35.6 Å². The first kappa shape index (κ1) is 12.1. The molecule has 0 aliphatic carbocycles. The van der Waals surface area contributed by atoms with Gasteiger partial charge in [-0.15, -0.1) is 0 Å². The predicted molar refractivity (Wildman–Crippen MR) is 61.7 cm³/mol. The number of phenols is 1. The van der Waals surface area contributed by atoms with Crippen LogP contribution in [-0.2, 0) is 9.59 Å². The van der Waals surface area contributed by atoms with E-state index < -0.39 is 17.7 Å². The Hall–Kier alpha value is -2.37. The molecule has 1 saturated heterocycles. The van der Waals surface area contributed by atoms with Gasteiger partial charge >= 0.3 is 0 Å². The third-order valence-corrected chi connectivity index (χ3v) is 2.94. The summed E-state index contributed by atoms with van der Waals surface area (Å²) in [5, 5.41) is 12.0. The summed E-state index contributed by atoms with van der Waals surface area (Å²) in [4.78, 5) is 34.1. The van der Waals surface area contributed by atoms with Gasteiger partial charge in [-0.25, -0.2) is 0 Å². The van der Waals surface area contributed by atoms with Gasteiger partial charge in [0.1, 0.15) is 5.75 Å². The molecule has 1 aliphatic heterocycles. The Labute approximate surface area is 103 Å². The van der Waals surface area contributed by atoms with Gasteiger partial charge < -0.3 is 10.8 Å². The van der Waals surface area contributed by atoms with E-state index in [2.05, 4.69) is 5.32 Å². The van der Waals surface area contributed by atoms with Crippen LogP contribution in [0.15, 0.2) is 18.2 Å². The Balaban J connectivity index is 2.47. The van der Waals surface area contributed by atoms with Crippen molar-refractivity contribution in [1.82, 2.24) is 5.32 Å². The highest BCUT2D eigenvalue weighted by atomic mass is 16.3. The quantitative estimate of drug-likeness (QED) is 0.640. The number of carbonyl (C=O) groups excluding carboxylic acids is 3. The molecule has 6 heteroatoms. The van der Waals surface area contributed by atoms with Crippen molar-refractivity contribution in [3.63, 3.8) is 0 Å². The smallest absolute Gasteiger partial charge is 0.249 e. The van der Waals surface area contributed by atoms with Gasteiger partial charge in [-0.1, -0.05) is 6.07 Å². The van der Waals surface area contributed by atoms with E-state index in [4.69, 9.17) is 5.73 Å². The average molecular weight is 248 g/mol. The third-order valence-electron chi connectivity index (χ3n) is 2.94. The van der Waals surface area contributed by atoms with Crippen molar-refractivity contribution in [2.24, 2.45) is 5.73 Å². The van der Waals surface area contributed by atoms with Crippen LogP contribution >= 0.6 is 0 Å². The summed E-state index contributed by atoms with van der Waals surface area (Å²) >= 11 is 0. The van der Waals surface area contributed by atoms with Gasteiger partial charge in [0.2, 0.25) is 17.7 Å². The molecule has 0 saturated carbocycles. The minimum atomic E-state index is -0.730. The summed E-state index contributed by atoms with van der Waals surface area (Å²) in [6, 6.07) is 4.30. The number of amides is 3. The summed E-state index contributed by atoms with van der Waals surface area (Å²) in [7, 11) is 0. The van der Waals surface area contributed by atoms with Crippen molar-refractivity contribution in [2.75, 3.05) is 0 Å². The van der Waals surface area contributed by atoms with Crippen LogP contribution in [0.3, 0.4) is 0 Å². The largest absolute Gasteiger partial charge is 0.508 e. The molecule has 0 bridgehead atoms. The summed E-state index contributed by atoms with van der Waals surface area (Å²) in [6.07, 6.45) is 0.422. The number of hydrogen-bond donors (Lipinski definition) is 3. The molecule has 6 nitrogen and oxygen atoms in total. The molecule has 2 rings (SSSR count). The number of nitrogens with two attached hydrogens (primary N) is 1. The van der Waals surface area contributed by atoms with E-state index in [1.807, 2.05) is 0 Å². The van der Waals surface area contributed by atoms with Crippen LogP contribution in [0.5, 0.6) is 5.75 Å². The number of nitrogens with one attached hydrogen (secondary N) is 1. The number of benzene rings is 1. The van der Waals surface area contributed by atoms with Gasteiger partial charge in [0.15, 0.2) is 0 Å². The Morgan fingerprint density at radius 2 is 2.11 bits per heavy atom. The minimum Gasteiger partial charge on any atom is -0.508 e. The van der Waals surface area contributed by atoms with E-state index in [0.29, 0.717) is 0 Å². The fourth-order valence-electron chi connectivity index (χ4n) is 2.10. The number of phenolic OH excluding ortho intramolecular Hbond substituents is 1. The molecule has 0 spiro atoms. The summed E-state index contributed by atoms with van der Waals surface area (Å²) < 4.78 is 0. The molecule has 94 valence electrons. The van der Waals surface area contributed by atoms with Gasteiger partial charge in [-0.3, -0.25) is 19.7 Å². The second kappa shape index (κ2) is 4.48. The van der Waals surface area contributed by atoms with Crippen LogP contribution in [0.1, 0.15) is 34.7 Å². The Morgan fingerprint density at radius 3 is 2.72 bits per heavy atom. The number of rotatable bonds is 2. The summed E-state index contributed by atoms with van der Waals surface area (Å²) in [6.45, 7) is 0. The highest BCUT2D eigenvalue weighted by Gasteiger charge is 2.32. The predicted octanol–water partition coefficient (Wildman–Crippen LogP) is 0.0113. The Morgan fingerprint density at radius 1 is 1.39 bits per heavy atom. The first-order valence-electron chi connectivity index (χ1n) is 5.46. The molecule has 1 unspecified atom stereocenters. The van der Waals surface area contributed by atoms with Gasteiger partial charge in [-0.2, -0.15) is 0 Å². The van der Waals surface area contributed by atoms with Crippen molar-refractivity contribution in [3.05, 3.63) is 29.3 Å². The third kappa shape index (κ3) is 2.04. The zero-order valence-electron chi connectivity index (χ0n) is 9.47. The highest BCUT2D eigenvalue weighted by molar-refractivity contribution is 6.03. The molecule has 1 aromatic carbocycles. The molecule has 0 aromatic heterocycles. The Bertz CT molecular complexity index is 539. The fraction of sp³-hybridized carbons (Fsp3) is 0.250. The molecule has 1 atom stereocenters. The lowest BCUT2D eigenvalue weighted by molar-refractivity contribution is -0.134. The van der Waals surface area contributed by atoms with Crippen molar-refractivity contribution in [1.29, 1.82) is 0 Å². The maximum absolute atomic E-state index is 11.7. The van der Waals surface area contributed by atoms with E-state index in [1.165, 1.54) is 18.2 Å². The minimum absolute atomic E-state index is 0.101. The van der Waals surface area contributed by atoms with Crippen molar-refractivity contribution < 1.29 is 19.5 Å². The van der Waals surface area contributed by atoms with Crippen LogP contribution in [-0.4, -0.2) is 22.8 Å². The molecule has 1 aromatic rings. The molecular weight excluding hydrogens is 236 g/mol. The van der Waals surface area contributed by atoms with E-state index in [0.717, 1.165) is 0 Å². The van der Waals surface area contributed by atoms with Gasteiger partial charge in [0, 0.05) is 17.5 Å². The molecule has 4 N–H and O–H groups in total. The number of primary amides is 1. The van der Waals surface area contributed by atoms with Crippen molar-refractivity contribution in [2.45, 2.75) is 18.8 Å². The van der Waals surface area contributed by atoms with E-state index >= 15 is 0 Å². The lowest BCUT2D eigenvalue weighted by atomic mass is 9.86. The van der Waals surface area contributed by atoms with Crippen molar-refractivity contribution >= 4 is 17.7 Å². The molecular formula is C12H12N2O4. The number of aromatic hydroxyl groups is 1. The van der Waals surface area contributed by atoms with Gasteiger partial charge in [-0.05, 0) is 18.6 Å². The lowest BCUT2D eigenvalue weighted by Gasteiger charge is -2.23. The summed E-state index contributed by atoms with van der Waals surface area (Å²) in [5.74, 6) is -2.49. The highest BCUT2D eigenvalue weighted by Crippen LogP contribution is 2.33. The zero-order chi connectivity index (χ0) is 13.3. The Kier molecular flexibility index (Phi) is 3.01. The monoisotopic (exact) mass is 248 g/mol. The second-order valence-electron chi connectivity index (χ2n) is 4.11. The van der Waals surface area contributed by atoms with Crippen molar-refractivity contribution in [3.8, 4) is 5.75 Å². The standard InChI is InChI=1S/C12H12N2O4/c13-11(17)6-2-1-3-8(15)10(6)7-4-5-9(16)14-12(7)18/h1-3,7,15H,4-5H2,(H2,13,17)(H,14,16,18). The number of piperidine rings is 1. The van der Waals surface area contributed by atoms with Gasteiger partial charge in [0.25, 0.3) is 0 Å². The number of carbonyl (C=O) groups is 3. The fourth-order valence-corrected chi connectivity index (χ4v) is 2.10. The van der Waals surface area contributed by atoms with E-state index in [1.54, 1.807) is 0 Å². The SMILES string of the molecule is NC(=O)c1cccc(O)c1C1CCC(=O)NC1=O. The lowest BCUT2D eigenvalue weighted by Crippen LogP contribution is -2.40. The maximum Gasteiger partial charge on any atom is 0.249 e. The zero-order valence-corrected chi connectivity index (χ0v) is 9.47. The first-order valence-corrected chi connectivity index (χ1v) is 5.46. The van der Waals surface area contributed by atoms with Gasteiger partial charge in [0.05, 0.1) is 5.92 Å². The topological polar surface area (TPSA) is 109 Å². The van der Waals surface area contributed by atoms with Crippen LogP contribution in [0.2, 0.25) is 0 Å². The van der Waals surface area contributed by atoms with Crippen LogP contribution < -0.4 is 11.1 Å². The maximum atomic E-state index is 11.7. The molecule has 0 radical (unpaired) electrons. The van der Waals surface area contributed by atoms with Crippen LogP contribution in [0, 0.1) is 0 Å². The number of imide groups is 1.